The topological polar surface area (TPSA) is 23.8 Å². The summed E-state index contributed by atoms with van der Waals surface area (Å²) in [6.07, 6.45) is 5.95. The fourth-order valence-corrected chi connectivity index (χ4v) is 2.68. The van der Waals surface area contributed by atoms with E-state index in [1.807, 2.05) is 0 Å². The monoisotopic (exact) mass is 147 g/mol. The summed E-state index contributed by atoms with van der Waals surface area (Å²) >= 11 is 0. The van der Waals surface area contributed by atoms with Crippen LogP contribution in [0.1, 0.15) is 26.2 Å². The quantitative estimate of drug-likeness (QED) is 0.483. The first-order valence-electron chi connectivity index (χ1n) is 4.40. The van der Waals surface area contributed by atoms with Crippen LogP contribution in [0.4, 0.5) is 0 Å². The lowest BCUT2D eigenvalue weighted by Gasteiger charge is -2.17. The number of nitrogens with zero attached hydrogens (tertiary/aromatic N) is 1. The molecule has 0 aliphatic heterocycles. The number of hydrogen-bond donors (Lipinski definition) is 0. The molecule has 0 heterocycles. The van der Waals surface area contributed by atoms with Gasteiger partial charge in [-0.25, -0.2) is 0 Å². The van der Waals surface area contributed by atoms with E-state index < -0.39 is 0 Å². The van der Waals surface area contributed by atoms with Crippen LogP contribution in [0.25, 0.3) is 0 Å². The second-order valence-electron chi connectivity index (χ2n) is 3.75. The van der Waals surface area contributed by atoms with Gasteiger partial charge in [-0.15, -0.1) is 0 Å². The van der Waals surface area contributed by atoms with E-state index in [4.69, 9.17) is 5.26 Å². The molecule has 2 aliphatic rings. The highest BCUT2D eigenvalue weighted by Crippen LogP contribution is 2.51. The molecule has 0 N–H and O–H groups in total. The summed E-state index contributed by atoms with van der Waals surface area (Å²) < 4.78 is 0. The highest BCUT2D eigenvalue weighted by Gasteiger charge is 2.42. The van der Waals surface area contributed by atoms with E-state index >= 15 is 0 Å². The van der Waals surface area contributed by atoms with Crippen LogP contribution in [0.15, 0.2) is 11.6 Å². The van der Waals surface area contributed by atoms with E-state index in [1.165, 1.54) is 19.3 Å². The van der Waals surface area contributed by atoms with Crippen molar-refractivity contribution in [2.24, 2.45) is 17.8 Å². The third kappa shape index (κ3) is 0.894. The van der Waals surface area contributed by atoms with Gasteiger partial charge in [-0.3, -0.25) is 0 Å². The average Bonchev–Trinajstić information content (AvgIpc) is 2.60. The predicted octanol–water partition coefficient (Wildman–Crippen LogP) is 2.50. The fourth-order valence-electron chi connectivity index (χ4n) is 2.68. The summed E-state index contributed by atoms with van der Waals surface area (Å²) in [5, 5.41) is 8.82. The first kappa shape index (κ1) is 6.91. The van der Waals surface area contributed by atoms with Crippen molar-refractivity contribution < 1.29 is 0 Å². The number of rotatable bonds is 0. The average molecular weight is 147 g/mol. The van der Waals surface area contributed by atoms with Gasteiger partial charge in [0.05, 0.1) is 12.0 Å². The van der Waals surface area contributed by atoms with Gasteiger partial charge in [0.15, 0.2) is 0 Å². The predicted molar refractivity (Wildman–Crippen MR) is 43.7 cm³/mol. The minimum Gasteiger partial charge on any atom is -0.198 e. The second kappa shape index (κ2) is 2.37. The molecule has 0 amide bonds. The number of fused-ring (bicyclic) bond motifs is 2. The maximum Gasteiger partial charge on any atom is 0.0662 e. The molecular weight excluding hydrogens is 134 g/mol. The zero-order chi connectivity index (χ0) is 7.84. The van der Waals surface area contributed by atoms with Gasteiger partial charge in [0.2, 0.25) is 0 Å². The molecule has 0 spiro atoms. The van der Waals surface area contributed by atoms with Gasteiger partial charge in [0.1, 0.15) is 0 Å². The van der Waals surface area contributed by atoms with E-state index in [9.17, 15) is 0 Å². The molecule has 2 saturated carbocycles. The summed E-state index contributed by atoms with van der Waals surface area (Å²) in [6.45, 7) is 2.10. The second-order valence-corrected chi connectivity index (χ2v) is 3.75. The van der Waals surface area contributed by atoms with Crippen LogP contribution in [0.5, 0.6) is 0 Å². The molecule has 0 aromatic heterocycles. The van der Waals surface area contributed by atoms with Crippen LogP contribution in [-0.4, -0.2) is 0 Å². The standard InChI is InChI=1S/C10H13N/c1-2-8-3-7-4-9(6-11)10(8)5-7/h2,7,9-10H,3-5H2,1H3/b8-2+/t7-,9?,10+/m0/s1. The van der Waals surface area contributed by atoms with Gasteiger partial charge in [0, 0.05) is 0 Å². The smallest absolute Gasteiger partial charge is 0.0662 e. The van der Waals surface area contributed by atoms with Crippen molar-refractivity contribution in [3.63, 3.8) is 0 Å². The Kier molecular flexibility index (Phi) is 1.49. The molecule has 1 unspecified atom stereocenters. The van der Waals surface area contributed by atoms with Crippen molar-refractivity contribution >= 4 is 0 Å². The molecule has 2 bridgehead atoms. The third-order valence-corrected chi connectivity index (χ3v) is 3.20. The lowest BCUT2D eigenvalue weighted by atomic mass is 9.86. The Morgan fingerprint density at radius 3 is 2.91 bits per heavy atom. The molecular formula is C10H13N. The maximum absolute atomic E-state index is 8.82. The Morgan fingerprint density at radius 1 is 1.55 bits per heavy atom. The van der Waals surface area contributed by atoms with Crippen LogP contribution in [0.2, 0.25) is 0 Å². The molecule has 2 aliphatic carbocycles. The van der Waals surface area contributed by atoms with Crippen molar-refractivity contribution in [2.45, 2.75) is 26.2 Å². The molecule has 1 heteroatoms. The van der Waals surface area contributed by atoms with Gasteiger partial charge >= 0.3 is 0 Å². The van der Waals surface area contributed by atoms with Crippen molar-refractivity contribution in [1.82, 2.24) is 0 Å². The molecule has 0 aromatic rings. The number of nitriles is 1. The highest BCUT2D eigenvalue weighted by molar-refractivity contribution is 5.21. The van der Waals surface area contributed by atoms with Crippen LogP contribution in [-0.2, 0) is 0 Å². The van der Waals surface area contributed by atoms with E-state index in [0.29, 0.717) is 11.8 Å². The van der Waals surface area contributed by atoms with Crippen molar-refractivity contribution in [2.75, 3.05) is 0 Å². The summed E-state index contributed by atoms with van der Waals surface area (Å²) in [7, 11) is 0. The molecule has 58 valence electrons. The zero-order valence-electron chi connectivity index (χ0n) is 6.88. The lowest BCUT2D eigenvalue weighted by molar-refractivity contribution is 0.482. The summed E-state index contributed by atoms with van der Waals surface area (Å²) in [5.74, 6) is 1.82. The molecule has 1 nitrogen and oxygen atoms in total. The van der Waals surface area contributed by atoms with Gasteiger partial charge in [-0.1, -0.05) is 11.6 Å². The van der Waals surface area contributed by atoms with Gasteiger partial charge in [0.25, 0.3) is 0 Å². The molecule has 2 fully saturated rings. The molecule has 3 atom stereocenters. The minimum atomic E-state index is 0.347. The molecule has 0 aromatic carbocycles. The van der Waals surface area contributed by atoms with Crippen LogP contribution < -0.4 is 0 Å². The number of allylic oxidation sites excluding steroid dienone is 2. The van der Waals surface area contributed by atoms with Crippen LogP contribution in [0.3, 0.4) is 0 Å². The van der Waals surface area contributed by atoms with Crippen LogP contribution in [0, 0.1) is 29.1 Å². The van der Waals surface area contributed by atoms with Gasteiger partial charge in [-0.05, 0) is 38.0 Å². The van der Waals surface area contributed by atoms with E-state index in [-0.39, 0.29) is 0 Å². The largest absolute Gasteiger partial charge is 0.198 e. The van der Waals surface area contributed by atoms with E-state index in [2.05, 4.69) is 19.1 Å². The first-order valence-corrected chi connectivity index (χ1v) is 4.40. The molecule has 0 radical (unpaired) electrons. The van der Waals surface area contributed by atoms with Crippen molar-refractivity contribution in [3.05, 3.63) is 11.6 Å². The molecule has 2 rings (SSSR count). The number of hydrogen-bond acceptors (Lipinski definition) is 1. The van der Waals surface area contributed by atoms with E-state index in [0.717, 1.165) is 5.92 Å². The third-order valence-electron chi connectivity index (χ3n) is 3.20. The first-order chi connectivity index (χ1) is 5.35. The molecule has 11 heavy (non-hydrogen) atoms. The molecule has 0 saturated heterocycles. The maximum atomic E-state index is 8.82. The SMILES string of the molecule is C/C=C1\C[C@H]2CC(C#N)[C@@H]1C2. The zero-order valence-corrected chi connectivity index (χ0v) is 6.88. The van der Waals surface area contributed by atoms with Crippen molar-refractivity contribution in [1.29, 1.82) is 5.26 Å². The summed E-state index contributed by atoms with van der Waals surface area (Å²) in [6, 6.07) is 2.42. The highest BCUT2D eigenvalue weighted by atomic mass is 14.5. The lowest BCUT2D eigenvalue weighted by Crippen LogP contribution is -2.10. The Labute approximate surface area is 67.7 Å². The normalized spacial score (nSPS) is 44.7. The summed E-state index contributed by atoms with van der Waals surface area (Å²) in [5.41, 5.74) is 1.55. The minimum absolute atomic E-state index is 0.347. The Balaban J connectivity index is 2.22. The Hall–Kier alpha value is -0.770. The van der Waals surface area contributed by atoms with Crippen LogP contribution >= 0.6 is 0 Å². The summed E-state index contributed by atoms with van der Waals surface area (Å²) in [4.78, 5) is 0. The fraction of sp³-hybridized carbons (Fsp3) is 0.700. The van der Waals surface area contributed by atoms with E-state index in [1.54, 1.807) is 5.57 Å². The van der Waals surface area contributed by atoms with Gasteiger partial charge < -0.3 is 0 Å². The van der Waals surface area contributed by atoms with Gasteiger partial charge in [-0.2, -0.15) is 5.26 Å². The Bertz CT molecular complexity index is 234. The van der Waals surface area contributed by atoms with Crippen molar-refractivity contribution in [3.8, 4) is 6.07 Å². The Morgan fingerprint density at radius 2 is 2.36 bits per heavy atom.